The van der Waals surface area contributed by atoms with Gasteiger partial charge in [0.05, 0.1) is 10.0 Å². The monoisotopic (exact) mass is 437 g/mol. The molecule has 3 rings (SSSR count). The SMILES string of the molecule is O=CN[C@H](Cc1ccc(Cl)c(Cl)c1)C(=O)N[C@H]1CCCN(c2cccc(F)c2)C1. The Morgan fingerprint density at radius 2 is 2.07 bits per heavy atom. The van der Waals surface area contributed by atoms with E-state index in [4.69, 9.17) is 23.2 Å². The molecular weight excluding hydrogens is 416 g/mol. The second kappa shape index (κ2) is 9.94. The van der Waals surface area contributed by atoms with Crippen molar-refractivity contribution in [2.75, 3.05) is 18.0 Å². The molecular formula is C21H22Cl2FN3O2. The molecule has 2 aromatic rings. The van der Waals surface area contributed by atoms with Gasteiger partial charge >= 0.3 is 0 Å². The van der Waals surface area contributed by atoms with Crippen molar-refractivity contribution in [3.8, 4) is 0 Å². The zero-order valence-electron chi connectivity index (χ0n) is 15.7. The summed E-state index contributed by atoms with van der Waals surface area (Å²) >= 11 is 12.0. The van der Waals surface area contributed by atoms with Crippen LogP contribution in [0.3, 0.4) is 0 Å². The Morgan fingerprint density at radius 3 is 2.79 bits per heavy atom. The third-order valence-electron chi connectivity index (χ3n) is 4.95. The number of hydrogen-bond acceptors (Lipinski definition) is 3. The van der Waals surface area contributed by atoms with Crippen LogP contribution in [0.1, 0.15) is 18.4 Å². The summed E-state index contributed by atoms with van der Waals surface area (Å²) in [5, 5.41) is 6.41. The predicted octanol–water partition coefficient (Wildman–Crippen LogP) is 3.57. The van der Waals surface area contributed by atoms with Crippen molar-refractivity contribution in [3.63, 3.8) is 0 Å². The molecule has 2 aromatic carbocycles. The second-order valence-electron chi connectivity index (χ2n) is 7.06. The number of nitrogens with zero attached hydrogens (tertiary/aromatic N) is 1. The molecule has 0 saturated carbocycles. The third kappa shape index (κ3) is 5.84. The molecule has 0 unspecified atom stereocenters. The van der Waals surface area contributed by atoms with E-state index in [1.165, 1.54) is 12.1 Å². The molecule has 8 heteroatoms. The van der Waals surface area contributed by atoms with Crippen molar-refractivity contribution >= 4 is 41.2 Å². The van der Waals surface area contributed by atoms with Gasteiger partial charge in [-0.15, -0.1) is 0 Å². The Bertz CT molecular complexity index is 881. The topological polar surface area (TPSA) is 61.4 Å². The van der Waals surface area contributed by atoms with Gasteiger partial charge in [-0.1, -0.05) is 35.3 Å². The van der Waals surface area contributed by atoms with E-state index >= 15 is 0 Å². The minimum Gasteiger partial charge on any atom is -0.369 e. The first-order valence-corrected chi connectivity index (χ1v) is 10.2. The van der Waals surface area contributed by atoms with Crippen LogP contribution < -0.4 is 15.5 Å². The van der Waals surface area contributed by atoms with Gasteiger partial charge in [-0.3, -0.25) is 9.59 Å². The fourth-order valence-electron chi connectivity index (χ4n) is 3.52. The van der Waals surface area contributed by atoms with Crippen LogP contribution in [0.4, 0.5) is 10.1 Å². The quantitative estimate of drug-likeness (QED) is 0.650. The molecule has 1 aliphatic heterocycles. The summed E-state index contributed by atoms with van der Waals surface area (Å²) in [5.74, 6) is -0.556. The van der Waals surface area contributed by atoms with Crippen LogP contribution in [0.15, 0.2) is 42.5 Å². The van der Waals surface area contributed by atoms with E-state index in [2.05, 4.69) is 15.5 Å². The average molecular weight is 438 g/mol. The van der Waals surface area contributed by atoms with Crippen molar-refractivity contribution in [2.45, 2.75) is 31.3 Å². The molecule has 0 radical (unpaired) electrons. The molecule has 5 nitrogen and oxygen atoms in total. The fourth-order valence-corrected chi connectivity index (χ4v) is 3.84. The Kier molecular flexibility index (Phi) is 7.34. The Balaban J connectivity index is 1.64. The maximum Gasteiger partial charge on any atom is 0.243 e. The minimum atomic E-state index is -0.728. The van der Waals surface area contributed by atoms with E-state index in [0.717, 1.165) is 30.6 Å². The molecule has 29 heavy (non-hydrogen) atoms. The van der Waals surface area contributed by atoms with Gasteiger partial charge in [0.25, 0.3) is 0 Å². The van der Waals surface area contributed by atoms with Crippen molar-refractivity contribution in [1.82, 2.24) is 10.6 Å². The van der Waals surface area contributed by atoms with Crippen LogP contribution in [-0.2, 0) is 16.0 Å². The van der Waals surface area contributed by atoms with Gasteiger partial charge in [-0.05, 0) is 48.7 Å². The van der Waals surface area contributed by atoms with Gasteiger partial charge in [0.1, 0.15) is 11.9 Å². The normalized spacial score (nSPS) is 17.5. The van der Waals surface area contributed by atoms with Crippen LogP contribution in [0.25, 0.3) is 0 Å². The molecule has 1 fully saturated rings. The standard InChI is InChI=1S/C21H22Cl2FN3O2/c22-18-7-6-14(9-19(18)23)10-20(25-13-28)21(29)26-16-4-2-8-27(12-16)17-5-1-3-15(24)11-17/h1,3,5-7,9,11,13,16,20H,2,4,8,10,12H2,(H,25,28)(H,26,29)/t16-,20+/m0/s1. The smallest absolute Gasteiger partial charge is 0.243 e. The number of nitrogens with one attached hydrogen (secondary N) is 2. The number of piperidine rings is 1. The molecule has 154 valence electrons. The highest BCUT2D eigenvalue weighted by molar-refractivity contribution is 6.42. The first kappa shape index (κ1) is 21.4. The zero-order valence-corrected chi connectivity index (χ0v) is 17.2. The molecule has 0 aliphatic carbocycles. The lowest BCUT2D eigenvalue weighted by Crippen LogP contribution is -2.53. The van der Waals surface area contributed by atoms with E-state index in [-0.39, 0.29) is 17.8 Å². The van der Waals surface area contributed by atoms with E-state index in [9.17, 15) is 14.0 Å². The lowest BCUT2D eigenvalue weighted by Gasteiger charge is -2.35. The lowest BCUT2D eigenvalue weighted by atomic mass is 10.0. The van der Waals surface area contributed by atoms with Gasteiger partial charge < -0.3 is 15.5 Å². The molecule has 0 spiro atoms. The number of rotatable bonds is 7. The first-order chi connectivity index (χ1) is 14.0. The van der Waals surface area contributed by atoms with Crippen LogP contribution in [0, 0.1) is 5.82 Å². The predicted molar refractivity (Wildman–Crippen MR) is 113 cm³/mol. The van der Waals surface area contributed by atoms with Crippen LogP contribution in [0.2, 0.25) is 10.0 Å². The first-order valence-electron chi connectivity index (χ1n) is 9.41. The van der Waals surface area contributed by atoms with E-state index in [1.54, 1.807) is 24.3 Å². The van der Waals surface area contributed by atoms with Crippen molar-refractivity contribution < 1.29 is 14.0 Å². The summed E-state index contributed by atoms with van der Waals surface area (Å²) in [7, 11) is 0. The Labute approximate surface area is 179 Å². The van der Waals surface area contributed by atoms with E-state index in [0.29, 0.717) is 29.4 Å². The van der Waals surface area contributed by atoms with Gasteiger partial charge in [-0.25, -0.2) is 4.39 Å². The molecule has 1 heterocycles. The van der Waals surface area contributed by atoms with Crippen molar-refractivity contribution in [1.29, 1.82) is 0 Å². The van der Waals surface area contributed by atoms with Gasteiger partial charge in [0.2, 0.25) is 12.3 Å². The highest BCUT2D eigenvalue weighted by atomic mass is 35.5. The molecule has 2 amide bonds. The average Bonchev–Trinajstić information content (AvgIpc) is 2.70. The lowest BCUT2D eigenvalue weighted by molar-refractivity contribution is -0.126. The number of halogens is 3. The van der Waals surface area contributed by atoms with Crippen LogP contribution in [-0.4, -0.2) is 37.5 Å². The van der Waals surface area contributed by atoms with Gasteiger partial charge in [-0.2, -0.15) is 0 Å². The maximum absolute atomic E-state index is 13.5. The molecule has 2 N–H and O–H groups in total. The number of benzene rings is 2. The summed E-state index contributed by atoms with van der Waals surface area (Å²) in [5.41, 5.74) is 1.58. The van der Waals surface area contributed by atoms with Crippen molar-refractivity contribution in [2.24, 2.45) is 0 Å². The van der Waals surface area contributed by atoms with E-state index < -0.39 is 6.04 Å². The molecule has 2 atom stereocenters. The largest absolute Gasteiger partial charge is 0.369 e. The van der Waals surface area contributed by atoms with Crippen LogP contribution >= 0.6 is 23.2 Å². The number of hydrogen-bond donors (Lipinski definition) is 2. The van der Waals surface area contributed by atoms with Gasteiger partial charge in [0, 0.05) is 31.2 Å². The molecule has 1 saturated heterocycles. The number of anilines is 1. The number of amides is 2. The Morgan fingerprint density at radius 1 is 1.24 bits per heavy atom. The minimum absolute atomic E-state index is 0.0933. The molecule has 0 bridgehead atoms. The summed E-state index contributed by atoms with van der Waals surface area (Å²) in [6.45, 7) is 1.38. The summed E-state index contributed by atoms with van der Waals surface area (Å²) in [4.78, 5) is 25.8. The number of carbonyl (C=O) groups excluding carboxylic acids is 2. The van der Waals surface area contributed by atoms with Crippen LogP contribution in [0.5, 0.6) is 0 Å². The fraction of sp³-hybridized carbons (Fsp3) is 0.333. The van der Waals surface area contributed by atoms with Crippen molar-refractivity contribution in [3.05, 3.63) is 63.9 Å². The summed E-state index contributed by atoms with van der Waals surface area (Å²) in [6.07, 6.45) is 2.50. The van der Waals surface area contributed by atoms with E-state index in [1.807, 2.05) is 6.07 Å². The zero-order chi connectivity index (χ0) is 20.8. The third-order valence-corrected chi connectivity index (χ3v) is 5.69. The highest BCUT2D eigenvalue weighted by Gasteiger charge is 2.25. The highest BCUT2D eigenvalue weighted by Crippen LogP contribution is 2.24. The maximum atomic E-state index is 13.5. The second-order valence-corrected chi connectivity index (χ2v) is 7.88. The summed E-state index contributed by atoms with van der Waals surface area (Å²) < 4.78 is 13.5. The molecule has 0 aromatic heterocycles. The Hall–Kier alpha value is -2.31. The number of carbonyl (C=O) groups is 2. The molecule has 1 aliphatic rings. The van der Waals surface area contributed by atoms with Gasteiger partial charge in [0.15, 0.2) is 0 Å². The summed E-state index contributed by atoms with van der Waals surface area (Å²) in [6, 6.07) is 10.7.